The van der Waals surface area contributed by atoms with Gasteiger partial charge in [-0.1, -0.05) is 13.8 Å². The summed E-state index contributed by atoms with van der Waals surface area (Å²) in [5, 5.41) is 5.39. The second-order valence-electron chi connectivity index (χ2n) is 4.97. The van der Waals surface area contributed by atoms with Crippen molar-refractivity contribution in [3.8, 4) is 0 Å². The largest absolute Gasteiger partial charge is 0.270 e. The molecule has 2 aromatic heterocycles. The lowest BCUT2D eigenvalue weighted by atomic mass is 10.2. The van der Waals surface area contributed by atoms with Crippen LogP contribution in [0.25, 0.3) is 0 Å². The smallest absolute Gasteiger partial charge is 0.0896 e. The molecule has 0 radical (unpaired) electrons. The quantitative estimate of drug-likeness (QED) is 0.808. The molecule has 0 saturated heterocycles. The Labute approximate surface area is 114 Å². The van der Waals surface area contributed by atoms with Crippen LogP contribution >= 0.6 is 11.3 Å². The molecule has 0 atom stereocenters. The van der Waals surface area contributed by atoms with E-state index in [9.17, 15) is 0 Å². The molecule has 0 N–H and O–H groups in total. The highest BCUT2D eigenvalue weighted by atomic mass is 32.1. The normalized spacial score (nSPS) is 10.7. The third-order valence-corrected chi connectivity index (χ3v) is 3.69. The van der Waals surface area contributed by atoms with Gasteiger partial charge < -0.3 is 0 Å². The van der Waals surface area contributed by atoms with E-state index in [0.29, 0.717) is 12.0 Å². The highest BCUT2D eigenvalue weighted by Gasteiger charge is 2.00. The third-order valence-electron chi connectivity index (χ3n) is 2.48. The summed E-state index contributed by atoms with van der Waals surface area (Å²) < 4.78 is 1.95. The van der Waals surface area contributed by atoms with Crippen LogP contribution < -0.4 is 0 Å². The molecule has 0 amide bonds. The second-order valence-corrected chi connectivity index (χ2v) is 6.23. The average Bonchev–Trinajstić information content (AvgIpc) is 2.88. The lowest BCUT2D eigenvalue weighted by Crippen LogP contribution is -2.00. The summed E-state index contributed by atoms with van der Waals surface area (Å²) in [6.07, 6.45) is 3.96. The minimum absolute atomic E-state index is 0.485. The molecule has 0 bridgehead atoms. The highest BCUT2D eigenvalue weighted by molar-refractivity contribution is 7.11. The molecule has 0 saturated carbocycles. The van der Waals surface area contributed by atoms with E-state index >= 15 is 0 Å². The summed E-state index contributed by atoms with van der Waals surface area (Å²) in [6, 6.07) is 2.50. The van der Waals surface area contributed by atoms with E-state index < -0.39 is 0 Å². The summed E-state index contributed by atoms with van der Waals surface area (Å²) in [5.41, 5.74) is 1.09. The Hall–Kier alpha value is -1.16. The Morgan fingerprint density at radius 2 is 1.83 bits per heavy atom. The van der Waals surface area contributed by atoms with Crippen molar-refractivity contribution in [3.05, 3.63) is 34.0 Å². The maximum atomic E-state index is 4.23. The zero-order valence-electron chi connectivity index (χ0n) is 12.1. The first-order valence-electron chi connectivity index (χ1n) is 6.34. The lowest BCUT2D eigenvalue weighted by molar-refractivity contribution is 0.529. The molecule has 2 rings (SSSR count). The fourth-order valence-electron chi connectivity index (χ4n) is 1.37. The van der Waals surface area contributed by atoms with E-state index in [1.165, 1.54) is 9.88 Å². The van der Waals surface area contributed by atoms with Crippen molar-refractivity contribution >= 4 is 11.3 Å². The number of nitrogens with zero attached hydrogens (tertiary/aromatic N) is 3. The minimum atomic E-state index is 0.485. The molecule has 100 valence electrons. The van der Waals surface area contributed by atoms with Crippen LogP contribution in [-0.2, 0) is 0 Å². The SMILES string of the molecule is Cc1ccn(C(C)C)n1.Cc1ncc(C(C)C)s1. The van der Waals surface area contributed by atoms with Gasteiger partial charge in [0.2, 0.25) is 0 Å². The molecule has 0 aliphatic rings. The Kier molecular flexibility index (Phi) is 5.54. The predicted molar refractivity (Wildman–Crippen MR) is 78.3 cm³/mol. The standard InChI is InChI=1S/C7H12N2.C7H11NS/c1-6(2)9-5-4-7(3)8-9;1-5(2)7-4-8-6(3)9-7/h4-6H,1-3H3;4-5H,1-3H3. The molecule has 2 aromatic rings. The molecule has 4 heteroatoms. The Morgan fingerprint density at radius 1 is 1.17 bits per heavy atom. The first-order valence-corrected chi connectivity index (χ1v) is 7.16. The molecular weight excluding hydrogens is 242 g/mol. The van der Waals surface area contributed by atoms with E-state index in [1.807, 2.05) is 37.0 Å². The zero-order valence-corrected chi connectivity index (χ0v) is 13.0. The van der Waals surface area contributed by atoms with Crippen LogP contribution in [0.3, 0.4) is 0 Å². The molecule has 18 heavy (non-hydrogen) atoms. The van der Waals surface area contributed by atoms with E-state index in [4.69, 9.17) is 0 Å². The molecule has 0 aliphatic heterocycles. The van der Waals surface area contributed by atoms with Gasteiger partial charge in [-0.05, 0) is 39.7 Å². The van der Waals surface area contributed by atoms with Crippen LogP contribution in [0.15, 0.2) is 18.5 Å². The van der Waals surface area contributed by atoms with Crippen molar-refractivity contribution in [2.75, 3.05) is 0 Å². The van der Waals surface area contributed by atoms with Gasteiger partial charge in [0.15, 0.2) is 0 Å². The number of aromatic nitrogens is 3. The van der Waals surface area contributed by atoms with Crippen LogP contribution in [0.2, 0.25) is 0 Å². The Morgan fingerprint density at radius 3 is 2.06 bits per heavy atom. The van der Waals surface area contributed by atoms with Crippen LogP contribution in [0.5, 0.6) is 0 Å². The molecule has 3 nitrogen and oxygen atoms in total. The first kappa shape index (κ1) is 14.9. The minimum Gasteiger partial charge on any atom is -0.270 e. The maximum absolute atomic E-state index is 4.23. The number of hydrogen-bond acceptors (Lipinski definition) is 3. The van der Waals surface area contributed by atoms with Gasteiger partial charge in [0, 0.05) is 23.3 Å². The molecule has 0 aromatic carbocycles. The third kappa shape index (κ3) is 4.61. The molecule has 0 fully saturated rings. The summed E-state index contributed by atoms with van der Waals surface area (Å²) in [7, 11) is 0. The topological polar surface area (TPSA) is 30.7 Å². The van der Waals surface area contributed by atoms with Gasteiger partial charge in [-0.15, -0.1) is 11.3 Å². The lowest BCUT2D eigenvalue weighted by Gasteiger charge is -2.02. The average molecular weight is 265 g/mol. The van der Waals surface area contributed by atoms with E-state index in [-0.39, 0.29) is 0 Å². The van der Waals surface area contributed by atoms with E-state index in [0.717, 1.165) is 5.69 Å². The predicted octanol–water partition coefficient (Wildman–Crippen LogP) is 4.35. The van der Waals surface area contributed by atoms with E-state index in [2.05, 4.69) is 37.8 Å². The number of aryl methyl sites for hydroxylation is 2. The van der Waals surface area contributed by atoms with Crippen molar-refractivity contribution in [1.82, 2.24) is 14.8 Å². The Balaban J connectivity index is 0.000000180. The highest BCUT2D eigenvalue weighted by Crippen LogP contribution is 2.20. The fraction of sp³-hybridized carbons (Fsp3) is 0.571. The van der Waals surface area contributed by atoms with Crippen molar-refractivity contribution < 1.29 is 0 Å². The molecule has 0 spiro atoms. The molecule has 0 unspecified atom stereocenters. The molecule has 0 aliphatic carbocycles. The molecular formula is C14H23N3S. The summed E-state index contributed by atoms with van der Waals surface area (Å²) in [6.45, 7) is 12.6. The van der Waals surface area contributed by atoms with Gasteiger partial charge in [0.1, 0.15) is 0 Å². The number of hydrogen-bond donors (Lipinski definition) is 0. The van der Waals surface area contributed by atoms with Crippen molar-refractivity contribution in [2.24, 2.45) is 0 Å². The maximum Gasteiger partial charge on any atom is 0.0896 e. The number of thiazole rings is 1. The van der Waals surface area contributed by atoms with Gasteiger partial charge in [-0.2, -0.15) is 5.10 Å². The zero-order chi connectivity index (χ0) is 13.7. The number of rotatable bonds is 2. The van der Waals surface area contributed by atoms with Gasteiger partial charge >= 0.3 is 0 Å². The van der Waals surface area contributed by atoms with E-state index in [1.54, 1.807) is 11.3 Å². The van der Waals surface area contributed by atoms with Crippen LogP contribution in [0.1, 0.15) is 55.2 Å². The second kappa shape index (κ2) is 6.69. The van der Waals surface area contributed by atoms with Crippen molar-refractivity contribution in [2.45, 2.75) is 53.5 Å². The fourth-order valence-corrected chi connectivity index (χ4v) is 2.15. The molecule has 2 heterocycles. The Bertz CT molecular complexity index is 425. The summed E-state index contributed by atoms with van der Waals surface area (Å²) in [5.74, 6) is 0.635. The van der Waals surface area contributed by atoms with Crippen LogP contribution in [0.4, 0.5) is 0 Å². The van der Waals surface area contributed by atoms with Crippen LogP contribution in [0, 0.1) is 13.8 Å². The summed E-state index contributed by atoms with van der Waals surface area (Å²) >= 11 is 1.78. The van der Waals surface area contributed by atoms with Crippen LogP contribution in [-0.4, -0.2) is 14.8 Å². The monoisotopic (exact) mass is 265 g/mol. The van der Waals surface area contributed by atoms with Crippen molar-refractivity contribution in [1.29, 1.82) is 0 Å². The van der Waals surface area contributed by atoms with Gasteiger partial charge in [0.05, 0.1) is 10.7 Å². The van der Waals surface area contributed by atoms with Gasteiger partial charge in [-0.25, -0.2) is 4.98 Å². The van der Waals surface area contributed by atoms with Gasteiger partial charge in [-0.3, -0.25) is 4.68 Å². The summed E-state index contributed by atoms with van der Waals surface area (Å²) in [4.78, 5) is 5.54. The first-order chi connectivity index (χ1) is 8.40. The van der Waals surface area contributed by atoms with Gasteiger partial charge in [0.25, 0.3) is 0 Å². The van der Waals surface area contributed by atoms with Crippen molar-refractivity contribution in [3.63, 3.8) is 0 Å².